The first kappa shape index (κ1) is 28.6. The first-order valence-corrected chi connectivity index (χ1v) is 16.1. The van der Waals surface area contributed by atoms with Crippen LogP contribution in [0.25, 0.3) is 44.6 Å². The Morgan fingerprint density at radius 2 is 1.44 bits per heavy atom. The van der Waals surface area contributed by atoms with E-state index in [1.54, 1.807) is 74.8 Å². The summed E-state index contributed by atoms with van der Waals surface area (Å²) in [4.78, 5) is 13.4. The number of rotatable bonds is 7. The van der Waals surface area contributed by atoms with Crippen molar-refractivity contribution in [3.8, 4) is 22.5 Å². The van der Waals surface area contributed by atoms with Crippen molar-refractivity contribution >= 4 is 22.1 Å². The van der Waals surface area contributed by atoms with Gasteiger partial charge in [-0.05, 0) is 83.0 Å². The van der Waals surface area contributed by atoms with Crippen LogP contribution in [0.15, 0.2) is 144 Å². The summed E-state index contributed by atoms with van der Waals surface area (Å²) in [5.41, 5.74) is 7.92. The summed E-state index contributed by atoms with van der Waals surface area (Å²) in [6.45, 7) is 5.44. The fourth-order valence-electron chi connectivity index (χ4n) is 5.52. The summed E-state index contributed by atoms with van der Waals surface area (Å²) < 4.78 is 48.9. The van der Waals surface area contributed by atoms with E-state index in [-0.39, 0.29) is 20.1 Å². The Kier molecular flexibility index (Phi) is 9.15. The number of nitrogens with zero attached hydrogens (tertiary/aromatic N) is 3. The molecule has 4 nitrogen and oxygen atoms in total. The van der Waals surface area contributed by atoms with Crippen LogP contribution in [0.3, 0.4) is 0 Å². The maximum absolute atomic E-state index is 8.73. The number of pyridine rings is 3. The quantitative estimate of drug-likeness (QED) is 0.150. The van der Waals surface area contributed by atoms with Gasteiger partial charge in [-0.3, -0.25) is 0 Å². The van der Waals surface area contributed by atoms with E-state index in [1.165, 1.54) is 0 Å². The molecule has 249 valence electrons. The number of fused-ring (bicyclic) bond motifs is 3. The molecule has 5 heteroatoms. The fraction of sp³-hybridized carbons (Fsp3) is 0.133. The zero-order valence-corrected chi connectivity index (χ0v) is 30.3. The second-order valence-corrected chi connectivity index (χ2v) is 11.8. The molecule has 0 fully saturated rings. The van der Waals surface area contributed by atoms with Crippen molar-refractivity contribution in [1.82, 2.24) is 15.0 Å². The van der Waals surface area contributed by atoms with E-state index in [0.29, 0.717) is 44.9 Å². The maximum atomic E-state index is 8.73. The Balaban J connectivity index is 0.000000186. The van der Waals surface area contributed by atoms with Gasteiger partial charge >= 0.3 is 0 Å². The summed E-state index contributed by atoms with van der Waals surface area (Å²) in [6.07, 6.45) is -0.0740. The molecule has 0 saturated carbocycles. The molecule has 0 unspecified atom stereocenters. The molecule has 1 radical (unpaired) electrons. The monoisotopic (exact) mass is 833 g/mol. The second kappa shape index (κ2) is 16.0. The number of hydrogen-bond donors (Lipinski definition) is 0. The Bertz CT molecular complexity index is 2560. The van der Waals surface area contributed by atoms with Gasteiger partial charge in [0.2, 0.25) is 5.71 Å². The number of benzene rings is 4. The molecule has 0 amide bonds. The largest absolute Gasteiger partial charge is 0.486 e. The zero-order chi connectivity index (χ0) is 38.1. The standard InChI is InChI=1S/C24H17N2O.C21H20N.Ir/c1-16-7-9-20-21-15-19(8-10-23(21)27-24(20)26-16)22-14-18(11-12-25-22)13-17-5-3-2-4-6-17;1-16(2)20-15-22-21(18-11-7-4-8-12-18)14-19(20)13-17-9-5-3-6-10-17;/h2-7,9-12,14-15H,13H2,1H3;3-11,14-16H,13H2,1-2H3;/q2*-1;/i13D2;13D2,16D;. The van der Waals surface area contributed by atoms with Crippen LogP contribution in [-0.4, -0.2) is 15.0 Å². The van der Waals surface area contributed by atoms with Crippen LogP contribution in [0.5, 0.6) is 0 Å². The van der Waals surface area contributed by atoms with Crippen LogP contribution in [-0.2, 0) is 32.9 Å². The van der Waals surface area contributed by atoms with Gasteiger partial charge < -0.3 is 14.4 Å². The average molecular weight is 833 g/mol. The average Bonchev–Trinajstić information content (AvgIpc) is 3.55. The van der Waals surface area contributed by atoms with Crippen LogP contribution < -0.4 is 0 Å². The third-order valence-electron chi connectivity index (χ3n) is 7.99. The van der Waals surface area contributed by atoms with Crippen molar-refractivity contribution in [3.63, 3.8) is 0 Å². The minimum Gasteiger partial charge on any atom is -0.486 e. The van der Waals surface area contributed by atoms with E-state index in [9.17, 15) is 0 Å². The molecule has 8 rings (SSSR count). The molecule has 0 aliphatic rings. The number of aromatic nitrogens is 3. The third-order valence-corrected chi connectivity index (χ3v) is 7.99. The fourth-order valence-corrected chi connectivity index (χ4v) is 5.52. The van der Waals surface area contributed by atoms with Crippen molar-refractivity contribution in [2.24, 2.45) is 0 Å². The molecule has 0 saturated heterocycles. The minimum atomic E-state index is -1.72. The van der Waals surface area contributed by atoms with Crippen LogP contribution in [0, 0.1) is 19.1 Å². The summed E-state index contributed by atoms with van der Waals surface area (Å²) in [5.74, 6) is -0.955. The van der Waals surface area contributed by atoms with Crippen molar-refractivity contribution in [2.75, 3.05) is 0 Å². The summed E-state index contributed by atoms with van der Waals surface area (Å²) >= 11 is 0. The van der Waals surface area contributed by atoms with Gasteiger partial charge in [-0.15, -0.1) is 59.7 Å². The summed E-state index contributed by atoms with van der Waals surface area (Å²) in [7, 11) is 0. The van der Waals surface area contributed by atoms with Gasteiger partial charge in [0, 0.05) is 50.4 Å². The molecular formula is C45H37IrN3O-2. The molecule has 4 heterocycles. The number of hydrogen-bond acceptors (Lipinski definition) is 4. The molecule has 0 atom stereocenters. The molecule has 0 aliphatic carbocycles. The van der Waals surface area contributed by atoms with E-state index < -0.39 is 18.6 Å². The van der Waals surface area contributed by atoms with Gasteiger partial charge in [0.15, 0.2) is 0 Å². The second-order valence-electron chi connectivity index (χ2n) is 11.8. The van der Waals surface area contributed by atoms with Crippen LogP contribution in [0.2, 0.25) is 0 Å². The first-order chi connectivity index (χ1) is 25.8. The zero-order valence-electron chi connectivity index (χ0n) is 32.9. The van der Waals surface area contributed by atoms with Crippen molar-refractivity contribution < 1.29 is 31.4 Å². The SMILES string of the molecule is [2H]C(C)(C)c1cnc(-c2[c-]cccc2)cc1C([2H])([2H])c1ccccc1.[2H]C([2H])(c1ccccc1)c1ccnc(-c2[c-]cc3oc4nc(C)ccc4c3c2)c1.[Ir]. The van der Waals surface area contributed by atoms with Gasteiger partial charge in [-0.1, -0.05) is 92.0 Å². The molecular weight excluding hydrogens is 791 g/mol. The Hall–Kier alpha value is -5.22. The van der Waals surface area contributed by atoms with E-state index in [2.05, 4.69) is 27.1 Å². The first-order valence-electron chi connectivity index (χ1n) is 18.6. The molecule has 0 aliphatic heterocycles. The number of furan rings is 1. The smallest absolute Gasteiger partial charge is 0.216 e. The van der Waals surface area contributed by atoms with Crippen LogP contribution >= 0.6 is 0 Å². The normalized spacial score (nSPS) is 13.1. The topological polar surface area (TPSA) is 51.8 Å². The van der Waals surface area contributed by atoms with Crippen LogP contribution in [0.1, 0.15) is 60.1 Å². The van der Waals surface area contributed by atoms with Crippen molar-refractivity contribution in [3.05, 3.63) is 185 Å². The Morgan fingerprint density at radius 3 is 2.16 bits per heavy atom. The summed E-state index contributed by atoms with van der Waals surface area (Å²) in [5, 5.41) is 1.89. The van der Waals surface area contributed by atoms with E-state index in [4.69, 9.17) is 11.3 Å². The Labute approximate surface area is 314 Å². The predicted molar refractivity (Wildman–Crippen MR) is 199 cm³/mol. The molecule has 8 aromatic rings. The maximum Gasteiger partial charge on any atom is 0.216 e. The molecule has 0 N–H and O–H groups in total. The van der Waals surface area contributed by atoms with Gasteiger partial charge in [0.1, 0.15) is 0 Å². The molecule has 4 aromatic heterocycles. The molecule has 0 bridgehead atoms. The number of aryl methyl sites for hydroxylation is 1. The molecule has 50 heavy (non-hydrogen) atoms. The van der Waals surface area contributed by atoms with Gasteiger partial charge in [-0.25, -0.2) is 4.98 Å². The molecule has 4 aromatic carbocycles. The van der Waals surface area contributed by atoms with E-state index in [1.807, 2.05) is 85.8 Å². The van der Waals surface area contributed by atoms with Gasteiger partial charge in [0.05, 0.1) is 5.58 Å². The van der Waals surface area contributed by atoms with E-state index >= 15 is 0 Å². The predicted octanol–water partition coefficient (Wildman–Crippen LogP) is 11.0. The van der Waals surface area contributed by atoms with Gasteiger partial charge in [0.25, 0.3) is 0 Å². The third kappa shape index (κ3) is 8.14. The molecule has 0 spiro atoms. The van der Waals surface area contributed by atoms with E-state index in [0.717, 1.165) is 33.2 Å². The van der Waals surface area contributed by atoms with Crippen LogP contribution in [0.4, 0.5) is 0 Å². The van der Waals surface area contributed by atoms with Gasteiger partial charge in [-0.2, -0.15) is 0 Å². The van der Waals surface area contributed by atoms with Crippen molar-refractivity contribution in [1.29, 1.82) is 0 Å². The Morgan fingerprint density at radius 1 is 0.720 bits per heavy atom. The minimum absolute atomic E-state index is 0. The van der Waals surface area contributed by atoms with Crippen molar-refractivity contribution in [2.45, 2.75) is 39.4 Å². The summed E-state index contributed by atoms with van der Waals surface area (Å²) in [6, 6.07) is 45.1.